The predicted molar refractivity (Wildman–Crippen MR) is 124 cm³/mol. The van der Waals surface area contributed by atoms with Crippen LogP contribution >= 0.6 is 0 Å². The zero-order valence-electron chi connectivity index (χ0n) is 16.4. The minimum Gasteiger partial charge on any atom is -0.352 e. The largest absolute Gasteiger partial charge is 0.352 e. The van der Waals surface area contributed by atoms with Crippen LogP contribution in [0.3, 0.4) is 0 Å². The van der Waals surface area contributed by atoms with E-state index in [-0.39, 0.29) is 0 Å². The maximum Gasteiger partial charge on any atom is 0.201 e. The first-order chi connectivity index (χ1) is 14.9. The second kappa shape index (κ2) is 7.80. The average Bonchev–Trinajstić information content (AvgIpc) is 3.22. The van der Waals surface area contributed by atoms with Crippen LogP contribution in [0.4, 0.5) is 5.69 Å². The summed E-state index contributed by atoms with van der Waals surface area (Å²) in [5, 5.41) is 3.70. The summed E-state index contributed by atoms with van der Waals surface area (Å²) in [5.41, 5.74) is 4.13. The minimum atomic E-state index is -0.824. The van der Waals surface area contributed by atoms with Gasteiger partial charge in [0.15, 0.2) is 5.84 Å². The van der Waals surface area contributed by atoms with Crippen LogP contribution in [-0.4, -0.2) is 11.5 Å². The lowest BCUT2D eigenvalue weighted by Gasteiger charge is -2.31. The van der Waals surface area contributed by atoms with Gasteiger partial charge in [0.2, 0.25) is 5.66 Å². The molecule has 1 unspecified atom stereocenters. The first kappa shape index (κ1) is 18.1. The Kier molecular flexibility index (Phi) is 4.70. The molecule has 30 heavy (non-hydrogen) atoms. The summed E-state index contributed by atoms with van der Waals surface area (Å²) >= 11 is 0. The van der Waals surface area contributed by atoms with E-state index in [1.165, 1.54) is 0 Å². The Morgan fingerprint density at radius 3 is 1.63 bits per heavy atom. The van der Waals surface area contributed by atoms with Crippen LogP contribution in [0.15, 0.2) is 131 Å². The van der Waals surface area contributed by atoms with E-state index >= 15 is 0 Å². The summed E-state index contributed by atoms with van der Waals surface area (Å²) < 4.78 is 0. The second-order valence-corrected chi connectivity index (χ2v) is 7.20. The Morgan fingerprint density at radius 1 is 0.533 bits per heavy atom. The fourth-order valence-electron chi connectivity index (χ4n) is 3.78. The molecular weight excluding hydrogens is 366 g/mol. The number of aliphatic imine (C=N–C) groups is 2. The summed E-state index contributed by atoms with van der Waals surface area (Å²) in [6.45, 7) is 0. The molecule has 0 saturated heterocycles. The molecule has 1 aliphatic heterocycles. The summed E-state index contributed by atoms with van der Waals surface area (Å²) in [4.78, 5) is 10.3. The minimum absolute atomic E-state index is 0.724. The molecule has 1 aliphatic rings. The molecule has 0 radical (unpaired) electrons. The molecule has 1 atom stereocenters. The second-order valence-electron chi connectivity index (χ2n) is 7.20. The van der Waals surface area contributed by atoms with Gasteiger partial charge < -0.3 is 5.32 Å². The molecule has 144 valence electrons. The van der Waals surface area contributed by atoms with Crippen molar-refractivity contribution in [3.05, 3.63) is 138 Å². The topological polar surface area (TPSA) is 36.8 Å². The quantitative estimate of drug-likeness (QED) is 0.455. The molecule has 0 aliphatic carbocycles. The van der Waals surface area contributed by atoms with Gasteiger partial charge in [0.05, 0.1) is 0 Å². The normalized spacial score (nSPS) is 17.9. The lowest BCUT2D eigenvalue weighted by Crippen LogP contribution is -2.40. The summed E-state index contributed by atoms with van der Waals surface area (Å²) in [5.74, 6) is 0.724. The molecule has 0 fully saturated rings. The molecule has 0 amide bonds. The number of rotatable bonds is 5. The Labute approximate surface area is 176 Å². The number of nitrogens with one attached hydrogen (secondary N) is 1. The number of anilines is 1. The summed E-state index contributed by atoms with van der Waals surface area (Å²) in [7, 11) is 0. The van der Waals surface area contributed by atoms with Crippen molar-refractivity contribution in [1.29, 1.82) is 0 Å². The van der Waals surface area contributed by atoms with E-state index in [9.17, 15) is 0 Å². The highest BCUT2D eigenvalue weighted by Crippen LogP contribution is 2.37. The number of amidine groups is 1. The zero-order valence-corrected chi connectivity index (χ0v) is 16.4. The van der Waals surface area contributed by atoms with Crippen LogP contribution in [0.2, 0.25) is 0 Å². The third kappa shape index (κ3) is 3.31. The van der Waals surface area contributed by atoms with Crippen molar-refractivity contribution in [2.24, 2.45) is 9.98 Å². The van der Waals surface area contributed by atoms with Gasteiger partial charge in [-0.2, -0.15) is 0 Å². The molecule has 5 rings (SSSR count). The molecule has 4 aromatic carbocycles. The maximum absolute atomic E-state index is 5.21. The summed E-state index contributed by atoms with van der Waals surface area (Å²) in [6.07, 6.45) is 0. The standard InChI is InChI=1S/C27H21N3/c1-5-13-21(14-6-1)25-27(23-17-9-3-10-18-23,29-24-19-11-4-12-20-24)30-26(28-25)22-15-7-2-8-16-22/h1-20,29H. The van der Waals surface area contributed by atoms with Crippen molar-refractivity contribution in [3.63, 3.8) is 0 Å². The number of para-hydroxylation sites is 1. The monoisotopic (exact) mass is 387 g/mol. The average molecular weight is 387 g/mol. The lowest BCUT2D eigenvalue weighted by atomic mass is 9.90. The van der Waals surface area contributed by atoms with Crippen LogP contribution in [-0.2, 0) is 5.66 Å². The third-order valence-electron chi connectivity index (χ3n) is 5.20. The van der Waals surface area contributed by atoms with Crippen molar-refractivity contribution in [2.75, 3.05) is 5.32 Å². The smallest absolute Gasteiger partial charge is 0.201 e. The van der Waals surface area contributed by atoms with E-state index in [2.05, 4.69) is 53.8 Å². The Hall–Kier alpha value is -3.98. The van der Waals surface area contributed by atoms with Crippen LogP contribution in [0.25, 0.3) is 0 Å². The molecule has 4 aromatic rings. The molecular formula is C27H21N3. The van der Waals surface area contributed by atoms with Crippen molar-refractivity contribution >= 4 is 17.2 Å². The van der Waals surface area contributed by atoms with Crippen molar-refractivity contribution < 1.29 is 0 Å². The van der Waals surface area contributed by atoms with E-state index in [0.717, 1.165) is 33.9 Å². The van der Waals surface area contributed by atoms with Gasteiger partial charge in [-0.25, -0.2) is 9.98 Å². The SMILES string of the molecule is c1ccc(NC2(c3ccccc3)N=C(c3ccccc3)N=C2c2ccccc2)cc1. The molecule has 1 N–H and O–H groups in total. The highest BCUT2D eigenvalue weighted by atomic mass is 15.2. The maximum atomic E-state index is 5.21. The van der Waals surface area contributed by atoms with Crippen LogP contribution in [0, 0.1) is 0 Å². The van der Waals surface area contributed by atoms with Gasteiger partial charge in [-0.1, -0.05) is 109 Å². The van der Waals surface area contributed by atoms with Gasteiger partial charge in [-0.15, -0.1) is 0 Å². The summed E-state index contributed by atoms with van der Waals surface area (Å²) in [6, 6.07) is 40.9. The Bertz CT molecular complexity index is 1180. The number of nitrogens with zero attached hydrogens (tertiary/aromatic N) is 2. The van der Waals surface area contributed by atoms with Gasteiger partial charge in [-0.05, 0) is 12.1 Å². The zero-order chi connectivity index (χ0) is 20.2. The molecule has 3 nitrogen and oxygen atoms in total. The lowest BCUT2D eigenvalue weighted by molar-refractivity contribution is 0.714. The van der Waals surface area contributed by atoms with Crippen LogP contribution in [0.1, 0.15) is 16.7 Å². The first-order valence-electron chi connectivity index (χ1n) is 10.0. The Balaban J connectivity index is 1.75. The first-order valence-corrected chi connectivity index (χ1v) is 10.0. The van der Waals surface area contributed by atoms with Gasteiger partial charge >= 0.3 is 0 Å². The molecule has 0 aromatic heterocycles. The van der Waals surface area contributed by atoms with Gasteiger partial charge in [-0.3, -0.25) is 0 Å². The third-order valence-corrected chi connectivity index (χ3v) is 5.20. The molecule has 1 heterocycles. The molecule has 0 bridgehead atoms. The predicted octanol–water partition coefficient (Wildman–Crippen LogP) is 5.90. The van der Waals surface area contributed by atoms with Crippen molar-refractivity contribution in [3.8, 4) is 0 Å². The van der Waals surface area contributed by atoms with Crippen LogP contribution in [0.5, 0.6) is 0 Å². The molecule has 0 spiro atoms. The molecule has 3 heteroatoms. The van der Waals surface area contributed by atoms with E-state index in [1.807, 2.05) is 72.8 Å². The van der Waals surface area contributed by atoms with Crippen LogP contribution < -0.4 is 5.32 Å². The fourth-order valence-corrected chi connectivity index (χ4v) is 3.78. The van der Waals surface area contributed by atoms with E-state index in [0.29, 0.717) is 0 Å². The van der Waals surface area contributed by atoms with E-state index in [4.69, 9.17) is 9.98 Å². The highest BCUT2D eigenvalue weighted by Gasteiger charge is 2.43. The fraction of sp³-hybridized carbons (Fsp3) is 0.0370. The van der Waals surface area contributed by atoms with E-state index < -0.39 is 5.66 Å². The Morgan fingerprint density at radius 2 is 1.03 bits per heavy atom. The van der Waals surface area contributed by atoms with E-state index in [1.54, 1.807) is 0 Å². The highest BCUT2D eigenvalue weighted by molar-refractivity contribution is 6.21. The number of hydrogen-bond donors (Lipinski definition) is 1. The van der Waals surface area contributed by atoms with Crippen molar-refractivity contribution in [1.82, 2.24) is 0 Å². The molecule has 0 saturated carbocycles. The van der Waals surface area contributed by atoms with Gasteiger partial charge in [0, 0.05) is 22.4 Å². The number of benzene rings is 4. The van der Waals surface area contributed by atoms with Gasteiger partial charge in [0.25, 0.3) is 0 Å². The van der Waals surface area contributed by atoms with Gasteiger partial charge in [0.1, 0.15) is 5.71 Å². The van der Waals surface area contributed by atoms with Crippen molar-refractivity contribution in [2.45, 2.75) is 5.66 Å². The number of hydrogen-bond acceptors (Lipinski definition) is 3.